The lowest BCUT2D eigenvalue weighted by Gasteiger charge is -2.12. The Morgan fingerprint density at radius 3 is 1.78 bits per heavy atom. The lowest BCUT2D eigenvalue weighted by molar-refractivity contribution is 0.666. The second-order valence-corrected chi connectivity index (χ2v) is 18.3. The Bertz CT molecular complexity index is 4250. The van der Waals surface area contributed by atoms with Gasteiger partial charge in [0, 0.05) is 42.8 Å². The number of hydrogen-bond donors (Lipinski definition) is 0. The molecule has 0 radical (unpaired) electrons. The van der Waals surface area contributed by atoms with Gasteiger partial charge in [0.1, 0.15) is 5.58 Å². The highest BCUT2D eigenvalue weighted by Crippen LogP contribution is 2.46. The lowest BCUT2D eigenvalue weighted by atomic mass is 9.94. The third-order valence-electron chi connectivity index (χ3n) is 13.4. The molecule has 0 N–H and O–H groups in total. The van der Waals surface area contributed by atoms with Crippen LogP contribution in [-0.2, 0) is 0 Å². The van der Waals surface area contributed by atoms with Crippen LogP contribution in [0.2, 0.25) is 0 Å². The zero-order valence-electron chi connectivity index (χ0n) is 36.0. The quantitative estimate of drug-likeness (QED) is 0.167. The number of nitrogens with zero attached hydrogens (tertiary/aromatic N) is 3. The summed E-state index contributed by atoms with van der Waals surface area (Å²) in [6.07, 6.45) is 0. The molecule has 0 bridgehead atoms. The van der Waals surface area contributed by atoms with Crippen LogP contribution in [0, 0.1) is 0 Å². The Kier molecular flexibility index (Phi) is 8.42. The number of hydrogen-bond acceptors (Lipinski definition) is 4. The first-order valence-electron chi connectivity index (χ1n) is 22.6. The van der Waals surface area contributed by atoms with Gasteiger partial charge in [-0.3, -0.25) is 0 Å². The second-order valence-electron chi connectivity index (χ2n) is 17.2. The maximum absolute atomic E-state index is 7.10. The summed E-state index contributed by atoms with van der Waals surface area (Å²) >= 11 is 1.75. The summed E-state index contributed by atoms with van der Waals surface area (Å²) in [5, 5.41) is 7.97. The van der Waals surface area contributed by atoms with Crippen molar-refractivity contribution in [3.63, 3.8) is 0 Å². The van der Waals surface area contributed by atoms with Crippen LogP contribution in [0.1, 0.15) is 0 Å². The van der Waals surface area contributed by atoms with E-state index >= 15 is 0 Å². The van der Waals surface area contributed by atoms with Gasteiger partial charge in [0.25, 0.3) is 0 Å². The third kappa shape index (κ3) is 5.92. The number of fused-ring (bicyclic) bond motifs is 11. The molecule has 0 spiro atoms. The van der Waals surface area contributed by atoms with Crippen LogP contribution in [0.25, 0.3) is 137 Å². The minimum atomic E-state index is 0.668. The van der Waals surface area contributed by atoms with Crippen molar-refractivity contribution in [1.82, 2.24) is 14.5 Å². The molecule has 4 aromatic heterocycles. The zero-order valence-corrected chi connectivity index (χ0v) is 36.8. The Morgan fingerprint density at radius 1 is 0.388 bits per heavy atom. The van der Waals surface area contributed by atoms with Crippen LogP contribution in [0.3, 0.4) is 0 Å². The van der Waals surface area contributed by atoms with E-state index in [1.165, 1.54) is 59.6 Å². The average molecular weight is 872 g/mol. The summed E-state index contributed by atoms with van der Waals surface area (Å²) in [5.41, 5.74) is 15.7. The van der Waals surface area contributed by atoms with Gasteiger partial charge in [-0.1, -0.05) is 188 Å². The van der Waals surface area contributed by atoms with E-state index in [0.29, 0.717) is 5.82 Å². The highest BCUT2D eigenvalue weighted by Gasteiger charge is 2.24. The van der Waals surface area contributed by atoms with Gasteiger partial charge in [-0.05, 0) is 80.6 Å². The fourth-order valence-electron chi connectivity index (χ4n) is 10.4. The van der Waals surface area contributed by atoms with Gasteiger partial charge in [-0.15, -0.1) is 11.3 Å². The minimum absolute atomic E-state index is 0.668. The molecule has 0 unspecified atom stereocenters. The number of furan rings is 1. The molecule has 4 heterocycles. The fourth-order valence-corrected chi connectivity index (χ4v) is 11.5. The van der Waals surface area contributed by atoms with Gasteiger partial charge in [-0.2, -0.15) is 0 Å². The second kappa shape index (κ2) is 15.0. The topological polar surface area (TPSA) is 43.9 Å². The van der Waals surface area contributed by atoms with Crippen molar-refractivity contribution in [2.45, 2.75) is 0 Å². The monoisotopic (exact) mass is 871 g/mol. The van der Waals surface area contributed by atoms with Crippen LogP contribution in [0.15, 0.2) is 229 Å². The van der Waals surface area contributed by atoms with Crippen LogP contribution in [-0.4, -0.2) is 14.5 Å². The van der Waals surface area contributed by atoms with Gasteiger partial charge in [-0.25, -0.2) is 9.97 Å². The smallest absolute Gasteiger partial charge is 0.161 e. The molecule has 67 heavy (non-hydrogen) atoms. The normalized spacial score (nSPS) is 11.9. The Morgan fingerprint density at radius 2 is 1.00 bits per heavy atom. The Labute approximate surface area is 389 Å². The van der Waals surface area contributed by atoms with Gasteiger partial charge in [0.15, 0.2) is 11.4 Å². The summed E-state index contributed by atoms with van der Waals surface area (Å²) in [5.74, 6) is 0.668. The number of para-hydroxylation sites is 1. The molecule has 4 nitrogen and oxygen atoms in total. The van der Waals surface area contributed by atoms with Crippen molar-refractivity contribution < 1.29 is 4.42 Å². The van der Waals surface area contributed by atoms with Crippen LogP contribution in [0.4, 0.5) is 0 Å². The predicted octanol–water partition coefficient (Wildman–Crippen LogP) is 17.3. The van der Waals surface area contributed by atoms with Crippen molar-refractivity contribution in [3.8, 4) is 61.7 Å². The Balaban J connectivity index is 1.02. The van der Waals surface area contributed by atoms with E-state index in [-0.39, 0.29) is 0 Å². The molecule has 5 heteroatoms. The molecule has 0 fully saturated rings. The van der Waals surface area contributed by atoms with Crippen molar-refractivity contribution in [3.05, 3.63) is 224 Å². The van der Waals surface area contributed by atoms with Gasteiger partial charge < -0.3 is 8.98 Å². The van der Waals surface area contributed by atoms with Crippen molar-refractivity contribution in [1.29, 1.82) is 0 Å². The largest absolute Gasteiger partial charge is 0.454 e. The van der Waals surface area contributed by atoms with Crippen LogP contribution >= 0.6 is 11.3 Å². The van der Waals surface area contributed by atoms with Gasteiger partial charge >= 0.3 is 0 Å². The predicted molar refractivity (Wildman–Crippen MR) is 281 cm³/mol. The van der Waals surface area contributed by atoms with E-state index in [1.54, 1.807) is 11.3 Å². The molecule has 0 saturated carbocycles. The first kappa shape index (κ1) is 37.7. The van der Waals surface area contributed by atoms with Gasteiger partial charge in [0.05, 0.1) is 32.6 Å². The molecule has 0 aliphatic heterocycles. The fraction of sp³-hybridized carbons (Fsp3) is 0. The van der Waals surface area contributed by atoms with E-state index in [1.807, 2.05) is 0 Å². The van der Waals surface area contributed by atoms with Crippen molar-refractivity contribution in [2.24, 2.45) is 0 Å². The van der Waals surface area contributed by atoms with Crippen molar-refractivity contribution in [2.75, 3.05) is 0 Å². The maximum Gasteiger partial charge on any atom is 0.161 e. The molecule has 0 amide bonds. The molecule has 10 aromatic carbocycles. The minimum Gasteiger partial charge on any atom is -0.454 e. The maximum atomic E-state index is 7.10. The standard InChI is InChI=1S/C62H37N3OS/c1-4-16-38(17-5-1)40-30-32-42(33-31-40)58-61-59(46-24-12-13-29-55(46)67-61)64-62(63-58)48-26-15-28-54-57(48)47-25-14-27-52(60(47)66-54)65-51-35-34-43(39-18-6-2-7-19-39)36-50(51)56-45-23-11-10-22-44(45)49(37-53(56)65)41-20-8-3-9-21-41/h1-37H. The van der Waals surface area contributed by atoms with Crippen LogP contribution in [0.5, 0.6) is 0 Å². The molecular weight excluding hydrogens is 835 g/mol. The van der Waals surface area contributed by atoms with E-state index in [2.05, 4.69) is 229 Å². The number of rotatable bonds is 6. The molecule has 312 valence electrons. The van der Waals surface area contributed by atoms with E-state index in [4.69, 9.17) is 14.4 Å². The number of thiophene rings is 1. The van der Waals surface area contributed by atoms with Crippen LogP contribution < -0.4 is 0 Å². The van der Waals surface area contributed by atoms with E-state index in [9.17, 15) is 0 Å². The molecular formula is C62H37N3OS. The molecule has 14 aromatic rings. The highest BCUT2D eigenvalue weighted by molar-refractivity contribution is 7.26. The summed E-state index contributed by atoms with van der Waals surface area (Å²) in [6, 6.07) is 80.2. The number of aromatic nitrogens is 3. The summed E-state index contributed by atoms with van der Waals surface area (Å²) < 4.78 is 11.8. The number of benzene rings is 10. The summed E-state index contributed by atoms with van der Waals surface area (Å²) in [4.78, 5) is 10.9. The molecule has 0 aliphatic rings. The van der Waals surface area contributed by atoms with Crippen molar-refractivity contribution >= 4 is 86.2 Å². The third-order valence-corrected chi connectivity index (χ3v) is 14.6. The van der Waals surface area contributed by atoms with E-state index in [0.717, 1.165) is 71.1 Å². The van der Waals surface area contributed by atoms with E-state index < -0.39 is 0 Å². The molecule has 14 rings (SSSR count). The Hall–Kier alpha value is -8.64. The highest BCUT2D eigenvalue weighted by atomic mass is 32.1. The molecule has 0 aliphatic carbocycles. The SMILES string of the molecule is c1ccc(-c2ccc(-c3nc(-c4cccc5oc6c(-n7c8ccc(-c9ccccc9)cc8c8c9ccccc9c(-c9ccccc9)cc87)cccc6c45)nc4c3sc3ccccc34)cc2)cc1. The molecule has 0 atom stereocenters. The lowest BCUT2D eigenvalue weighted by Crippen LogP contribution is -1.95. The first-order valence-corrected chi connectivity index (χ1v) is 23.5. The first-order chi connectivity index (χ1) is 33.2. The summed E-state index contributed by atoms with van der Waals surface area (Å²) in [7, 11) is 0. The van der Waals surface area contributed by atoms with Gasteiger partial charge in [0.2, 0.25) is 0 Å². The summed E-state index contributed by atoms with van der Waals surface area (Å²) in [6.45, 7) is 0. The molecule has 0 saturated heterocycles. The zero-order chi connectivity index (χ0) is 44.0. The average Bonchev–Trinajstić information content (AvgIpc) is 4.09.